The summed E-state index contributed by atoms with van der Waals surface area (Å²) in [4.78, 5) is 44.6. The van der Waals surface area contributed by atoms with Crippen molar-refractivity contribution < 1.29 is 43.2 Å². The van der Waals surface area contributed by atoms with E-state index in [4.69, 9.17) is 35.3 Å². The van der Waals surface area contributed by atoms with Crippen molar-refractivity contribution in [3.63, 3.8) is 0 Å². The van der Waals surface area contributed by atoms with Crippen LogP contribution in [0.5, 0.6) is 23.0 Å². The Labute approximate surface area is 253 Å². The zero-order valence-electron chi connectivity index (χ0n) is 24.0. The second-order valence-corrected chi connectivity index (χ2v) is 10.7. The molecule has 0 saturated heterocycles. The Hall–Kier alpha value is -4.57. The summed E-state index contributed by atoms with van der Waals surface area (Å²) >= 11 is 6.55. The fourth-order valence-electron chi connectivity index (χ4n) is 5.65. The lowest BCUT2D eigenvalue weighted by atomic mass is 9.69. The van der Waals surface area contributed by atoms with Crippen LogP contribution in [0.15, 0.2) is 66.2 Å². The quantitative estimate of drug-likeness (QED) is 0.315. The Bertz CT molecular complexity index is 1620. The number of aliphatic hydroxyl groups excluding tert-OH is 1. The van der Waals surface area contributed by atoms with Crippen molar-refractivity contribution in [2.45, 2.75) is 37.9 Å². The summed E-state index contributed by atoms with van der Waals surface area (Å²) in [6.07, 6.45) is 2.90. The Morgan fingerprint density at radius 2 is 1.91 bits per heavy atom. The molecule has 1 N–H and O–H groups in total. The van der Waals surface area contributed by atoms with E-state index in [-0.39, 0.29) is 52.9 Å². The van der Waals surface area contributed by atoms with Crippen LogP contribution in [0.2, 0.25) is 5.02 Å². The fraction of sp³-hybridized carbons (Fsp3) is 0.312. The molecule has 224 valence electrons. The molecule has 1 aliphatic heterocycles. The van der Waals surface area contributed by atoms with E-state index in [1.165, 1.54) is 27.4 Å². The van der Waals surface area contributed by atoms with Crippen LogP contribution in [-0.2, 0) is 20.9 Å². The number of hydrogen-bond donors (Lipinski definition) is 1. The van der Waals surface area contributed by atoms with Crippen LogP contribution in [0.4, 0.5) is 0 Å². The summed E-state index contributed by atoms with van der Waals surface area (Å²) in [5.74, 6) is -3.26. The summed E-state index contributed by atoms with van der Waals surface area (Å²) in [5.41, 5.74) is -0.752. The van der Waals surface area contributed by atoms with Gasteiger partial charge in [-0.05, 0) is 23.8 Å². The number of nitrogens with zero attached hydrogens (tertiary/aromatic N) is 1. The number of Topliss-reactive ketones (excluding diaryl/α,β-unsaturated/α-hetero) is 2. The average Bonchev–Trinajstić information content (AvgIpc) is 3.34. The van der Waals surface area contributed by atoms with Crippen molar-refractivity contribution in [2.24, 2.45) is 5.92 Å². The minimum Gasteiger partial charge on any atom is -0.507 e. The largest absolute Gasteiger partial charge is 0.507 e. The van der Waals surface area contributed by atoms with Gasteiger partial charge in [0.1, 0.15) is 34.4 Å². The zero-order valence-corrected chi connectivity index (χ0v) is 24.8. The number of ketones is 2. The fourth-order valence-corrected chi connectivity index (χ4v) is 5.91. The molecule has 0 bridgehead atoms. The maximum absolute atomic E-state index is 14.2. The third-order valence-electron chi connectivity index (χ3n) is 7.85. The number of carbonyl (C=O) groups excluding carboxylic acids is 3. The number of pyridine rings is 1. The monoisotopic (exact) mass is 607 g/mol. The number of fused-ring (bicyclic) bond motifs is 1. The first-order chi connectivity index (χ1) is 20.7. The van der Waals surface area contributed by atoms with Gasteiger partial charge in [0, 0.05) is 47.9 Å². The van der Waals surface area contributed by atoms with Gasteiger partial charge in [-0.2, -0.15) is 0 Å². The number of allylic oxidation sites excluding steroid dienone is 1. The molecule has 3 atom stereocenters. The Morgan fingerprint density at radius 3 is 2.58 bits per heavy atom. The number of methoxy groups -OCH3 is 3. The minimum atomic E-state index is -1.99. The van der Waals surface area contributed by atoms with E-state index in [1.54, 1.807) is 49.6 Å². The summed E-state index contributed by atoms with van der Waals surface area (Å²) < 4.78 is 27.9. The summed E-state index contributed by atoms with van der Waals surface area (Å²) in [5, 5.41) is 11.9. The van der Waals surface area contributed by atoms with Gasteiger partial charge in [-0.1, -0.05) is 36.7 Å². The topological polar surface area (TPSA) is 130 Å². The number of hydrogen-bond acceptors (Lipinski definition) is 10. The molecule has 5 rings (SSSR count). The number of aromatic nitrogens is 1. The van der Waals surface area contributed by atoms with E-state index < -0.39 is 40.7 Å². The number of rotatable bonds is 9. The minimum absolute atomic E-state index is 0.0200. The smallest absolute Gasteiger partial charge is 0.306 e. The molecule has 10 nitrogen and oxygen atoms in total. The van der Waals surface area contributed by atoms with Crippen LogP contribution in [0.25, 0.3) is 0 Å². The second kappa shape index (κ2) is 12.0. The lowest BCUT2D eigenvalue weighted by molar-refractivity contribution is -0.140. The molecule has 1 aliphatic carbocycles. The van der Waals surface area contributed by atoms with Gasteiger partial charge < -0.3 is 28.8 Å². The zero-order chi connectivity index (χ0) is 30.9. The molecule has 0 fully saturated rings. The first-order valence-electron chi connectivity index (χ1n) is 13.5. The molecule has 1 spiro atoms. The average molecular weight is 608 g/mol. The van der Waals surface area contributed by atoms with Gasteiger partial charge in [-0.15, -0.1) is 0 Å². The first-order valence-corrected chi connectivity index (χ1v) is 13.9. The molecular weight excluding hydrogens is 578 g/mol. The van der Waals surface area contributed by atoms with Gasteiger partial charge in [0.05, 0.1) is 27.8 Å². The Morgan fingerprint density at radius 1 is 1.14 bits per heavy atom. The summed E-state index contributed by atoms with van der Waals surface area (Å²) in [7, 11) is 4.02. The highest BCUT2D eigenvalue weighted by molar-refractivity contribution is 6.35. The van der Waals surface area contributed by atoms with E-state index >= 15 is 0 Å². The van der Waals surface area contributed by atoms with E-state index in [0.29, 0.717) is 11.3 Å². The van der Waals surface area contributed by atoms with E-state index in [0.717, 1.165) is 5.56 Å². The Kier molecular flexibility index (Phi) is 8.32. The number of halogens is 1. The predicted octanol–water partition coefficient (Wildman–Crippen LogP) is 5.41. The molecule has 1 unspecified atom stereocenters. The molecule has 11 heteroatoms. The number of aliphatic hydroxyl groups is 1. The second-order valence-electron chi connectivity index (χ2n) is 10.3. The van der Waals surface area contributed by atoms with Crippen molar-refractivity contribution in [1.29, 1.82) is 0 Å². The molecular formula is C32H30ClNO9. The van der Waals surface area contributed by atoms with Crippen LogP contribution in [0, 0.1) is 5.92 Å². The first kappa shape index (κ1) is 29.9. The van der Waals surface area contributed by atoms with E-state index in [1.807, 2.05) is 6.07 Å². The van der Waals surface area contributed by atoms with Gasteiger partial charge in [-0.3, -0.25) is 19.4 Å². The van der Waals surface area contributed by atoms with Crippen molar-refractivity contribution in [1.82, 2.24) is 4.98 Å². The maximum atomic E-state index is 14.2. The van der Waals surface area contributed by atoms with E-state index in [2.05, 4.69) is 4.98 Å². The van der Waals surface area contributed by atoms with Crippen molar-refractivity contribution >= 4 is 29.1 Å². The number of benzene rings is 2. The summed E-state index contributed by atoms with van der Waals surface area (Å²) in [6, 6.07) is 12.0. The highest BCUT2D eigenvalue weighted by Crippen LogP contribution is 2.55. The van der Waals surface area contributed by atoms with Crippen LogP contribution in [-0.4, -0.2) is 54.6 Å². The normalized spacial score (nSPS) is 20.0. The summed E-state index contributed by atoms with van der Waals surface area (Å²) in [6.45, 7) is 1.87. The lowest BCUT2D eigenvalue weighted by Gasteiger charge is -2.38. The van der Waals surface area contributed by atoms with Crippen LogP contribution in [0.3, 0.4) is 0 Å². The molecule has 1 aromatic heterocycles. The van der Waals surface area contributed by atoms with Crippen LogP contribution < -0.4 is 18.9 Å². The third kappa shape index (κ3) is 5.16. The highest BCUT2D eigenvalue weighted by atomic mass is 35.5. The molecule has 43 heavy (non-hydrogen) atoms. The molecule has 0 saturated carbocycles. The predicted molar refractivity (Wildman–Crippen MR) is 155 cm³/mol. The molecule has 3 aromatic rings. The van der Waals surface area contributed by atoms with Crippen molar-refractivity contribution in [2.75, 3.05) is 21.3 Å². The lowest BCUT2D eigenvalue weighted by Crippen LogP contribution is -2.53. The van der Waals surface area contributed by atoms with Gasteiger partial charge in [0.2, 0.25) is 11.4 Å². The standard InChI is InChI=1S/C32H30ClNO9/c1-17-11-22(35)26(30(37)32(17)31(38)27-23(39-2)14-24(40-3)28(33)29(27)43-32)21(13-25(36)41-4)19-8-5-9-20(12-19)42-16-18-7-6-10-34-15-18/h5-10,12,14-15,17,21,37H,11,13,16H2,1-4H3/t17-,21?,32+/m1/s1. The molecule has 0 amide bonds. The van der Waals surface area contributed by atoms with Crippen LogP contribution in [0.1, 0.15) is 47.2 Å². The van der Waals surface area contributed by atoms with Gasteiger partial charge in [0.25, 0.3) is 0 Å². The molecule has 2 aliphatic rings. The SMILES string of the molecule is COC(=O)CC(C1=C(O)[C@@]2(Oc3c(Cl)c(OC)cc(OC)c3C2=O)[C@H](C)CC1=O)c1cccc(OCc2cccnc2)c1. The maximum Gasteiger partial charge on any atom is 0.306 e. The number of esters is 1. The Balaban J connectivity index is 1.62. The van der Waals surface area contributed by atoms with Gasteiger partial charge in [0.15, 0.2) is 17.3 Å². The van der Waals surface area contributed by atoms with Gasteiger partial charge in [-0.25, -0.2) is 0 Å². The number of carbonyl (C=O) groups is 3. The number of ether oxygens (including phenoxy) is 5. The van der Waals surface area contributed by atoms with Crippen molar-refractivity contribution in [3.8, 4) is 23.0 Å². The van der Waals surface area contributed by atoms with Gasteiger partial charge >= 0.3 is 5.97 Å². The van der Waals surface area contributed by atoms with Crippen LogP contribution >= 0.6 is 11.6 Å². The molecule has 0 radical (unpaired) electrons. The third-order valence-corrected chi connectivity index (χ3v) is 8.21. The molecule has 2 heterocycles. The highest BCUT2D eigenvalue weighted by Gasteiger charge is 2.61. The van der Waals surface area contributed by atoms with E-state index in [9.17, 15) is 19.5 Å². The van der Waals surface area contributed by atoms with Crippen molar-refractivity contribution in [3.05, 3.63) is 87.9 Å². The molecule has 2 aromatic carbocycles.